The fourth-order valence-corrected chi connectivity index (χ4v) is 3.86. The van der Waals surface area contributed by atoms with Crippen LogP contribution in [0.15, 0.2) is 53.4 Å². The zero-order chi connectivity index (χ0) is 19.5. The van der Waals surface area contributed by atoms with E-state index in [0.29, 0.717) is 17.1 Å². The molecule has 0 atom stereocenters. The van der Waals surface area contributed by atoms with Gasteiger partial charge >= 0.3 is 0 Å². The predicted molar refractivity (Wildman–Crippen MR) is 104 cm³/mol. The molecule has 0 spiro atoms. The minimum atomic E-state index is -3.56. The Morgan fingerprint density at radius 1 is 1.00 bits per heavy atom. The van der Waals surface area contributed by atoms with Crippen LogP contribution in [0, 0.1) is 0 Å². The summed E-state index contributed by atoms with van der Waals surface area (Å²) < 4.78 is 26.3. The summed E-state index contributed by atoms with van der Waals surface area (Å²) in [7, 11) is -0.315. The van der Waals surface area contributed by atoms with Crippen molar-refractivity contribution in [1.82, 2.24) is 9.21 Å². The molecule has 2 aromatic carbocycles. The van der Waals surface area contributed by atoms with E-state index in [9.17, 15) is 13.2 Å². The molecule has 0 aliphatic heterocycles. The third kappa shape index (κ3) is 4.63. The average Bonchev–Trinajstić information content (AvgIpc) is 2.62. The summed E-state index contributed by atoms with van der Waals surface area (Å²) in [5.41, 5.74) is 1.40. The molecule has 0 N–H and O–H groups in total. The fourth-order valence-electron chi connectivity index (χ4n) is 2.37. The molecule has 1 amide bonds. The quantitative estimate of drug-likeness (QED) is 0.751. The Labute approximate surface area is 160 Å². The van der Waals surface area contributed by atoms with Gasteiger partial charge in [0.1, 0.15) is 0 Å². The Balaban J connectivity index is 2.14. The fraction of sp³-hybridized carbons (Fsp3) is 0.316. The largest absolute Gasteiger partial charge is 0.337 e. The Morgan fingerprint density at radius 2 is 1.54 bits per heavy atom. The van der Waals surface area contributed by atoms with Gasteiger partial charge in [-0.15, -0.1) is 0 Å². The molecule has 5 nitrogen and oxygen atoms in total. The molecular weight excluding hydrogens is 372 g/mol. The summed E-state index contributed by atoms with van der Waals surface area (Å²) in [5.74, 6) is -0.180. The first-order valence-electron chi connectivity index (χ1n) is 8.21. The average molecular weight is 395 g/mol. The van der Waals surface area contributed by atoms with Gasteiger partial charge in [0, 0.05) is 37.3 Å². The van der Waals surface area contributed by atoms with Crippen LogP contribution < -0.4 is 0 Å². The Kier molecular flexibility index (Phi) is 6.44. The molecule has 0 aliphatic carbocycles. The maximum absolute atomic E-state index is 12.6. The van der Waals surface area contributed by atoms with Crippen molar-refractivity contribution in [3.05, 3.63) is 64.7 Å². The Bertz CT molecular complexity index is 863. The number of amides is 1. The van der Waals surface area contributed by atoms with E-state index in [1.54, 1.807) is 57.1 Å². The molecule has 0 aliphatic rings. The van der Waals surface area contributed by atoms with Crippen molar-refractivity contribution in [2.24, 2.45) is 0 Å². The number of hydrogen-bond acceptors (Lipinski definition) is 3. The van der Waals surface area contributed by atoms with Crippen LogP contribution >= 0.6 is 11.6 Å². The van der Waals surface area contributed by atoms with Gasteiger partial charge in [-0.1, -0.05) is 23.7 Å². The first kappa shape index (κ1) is 20.4. The van der Waals surface area contributed by atoms with Gasteiger partial charge in [0.15, 0.2) is 0 Å². The topological polar surface area (TPSA) is 57.7 Å². The standard InChI is InChI=1S/C19H23ClN2O3S/c1-14(2)22(4)26(24,25)18-11-7-16(8-12-18)19(23)21(3)13-15-5-9-17(20)10-6-15/h5-12,14H,13H2,1-4H3. The Morgan fingerprint density at radius 3 is 2.04 bits per heavy atom. The first-order chi connectivity index (χ1) is 12.1. The lowest BCUT2D eigenvalue weighted by Crippen LogP contribution is -2.33. The minimum absolute atomic E-state index is 0.146. The van der Waals surface area contributed by atoms with Crippen molar-refractivity contribution in [2.75, 3.05) is 14.1 Å². The van der Waals surface area contributed by atoms with Crippen molar-refractivity contribution in [2.45, 2.75) is 31.3 Å². The molecule has 0 aromatic heterocycles. The zero-order valence-electron chi connectivity index (χ0n) is 15.3. The van der Waals surface area contributed by atoms with E-state index in [1.165, 1.54) is 16.4 Å². The summed E-state index contributed by atoms with van der Waals surface area (Å²) in [5, 5.41) is 0.644. The molecule has 2 rings (SSSR count). The third-order valence-corrected chi connectivity index (χ3v) is 6.48. The summed E-state index contributed by atoms with van der Waals surface area (Å²) in [6, 6.07) is 13.2. The van der Waals surface area contributed by atoms with Crippen LogP contribution in [0.3, 0.4) is 0 Å². The molecule has 0 unspecified atom stereocenters. The van der Waals surface area contributed by atoms with E-state index >= 15 is 0 Å². The molecular formula is C19H23ClN2O3S. The molecule has 0 bridgehead atoms. The summed E-state index contributed by atoms with van der Waals surface area (Å²) >= 11 is 5.87. The molecule has 140 valence electrons. The number of sulfonamides is 1. The molecule has 0 radical (unpaired) electrons. The molecule has 26 heavy (non-hydrogen) atoms. The number of carbonyl (C=O) groups excluding carboxylic acids is 1. The smallest absolute Gasteiger partial charge is 0.253 e. The lowest BCUT2D eigenvalue weighted by molar-refractivity contribution is 0.0785. The van der Waals surface area contributed by atoms with Crippen molar-refractivity contribution in [3.63, 3.8) is 0 Å². The molecule has 0 saturated carbocycles. The van der Waals surface area contributed by atoms with Crippen LogP contribution in [0.5, 0.6) is 0 Å². The number of halogens is 1. The van der Waals surface area contributed by atoms with Gasteiger partial charge in [-0.2, -0.15) is 4.31 Å². The first-order valence-corrected chi connectivity index (χ1v) is 10.0. The van der Waals surface area contributed by atoms with Crippen molar-refractivity contribution >= 4 is 27.5 Å². The summed E-state index contributed by atoms with van der Waals surface area (Å²) in [6.07, 6.45) is 0. The van der Waals surface area contributed by atoms with E-state index in [1.807, 2.05) is 12.1 Å². The molecule has 0 saturated heterocycles. The molecule has 0 heterocycles. The number of benzene rings is 2. The highest BCUT2D eigenvalue weighted by atomic mass is 35.5. The Hall–Kier alpha value is -1.89. The number of rotatable bonds is 6. The van der Waals surface area contributed by atoms with Crippen LogP contribution in [0.1, 0.15) is 29.8 Å². The van der Waals surface area contributed by atoms with Gasteiger partial charge < -0.3 is 4.90 Å². The second-order valence-electron chi connectivity index (χ2n) is 6.43. The summed E-state index contributed by atoms with van der Waals surface area (Å²) in [6.45, 7) is 4.05. The maximum Gasteiger partial charge on any atom is 0.253 e. The summed E-state index contributed by atoms with van der Waals surface area (Å²) in [4.78, 5) is 14.3. The monoisotopic (exact) mass is 394 g/mol. The third-order valence-electron chi connectivity index (χ3n) is 4.19. The van der Waals surface area contributed by atoms with Gasteiger partial charge in [0.25, 0.3) is 5.91 Å². The molecule has 7 heteroatoms. The van der Waals surface area contributed by atoms with Crippen LogP contribution in [0.25, 0.3) is 0 Å². The number of nitrogens with zero attached hydrogens (tertiary/aromatic N) is 2. The predicted octanol–water partition coefficient (Wildman–Crippen LogP) is 3.64. The van der Waals surface area contributed by atoms with E-state index < -0.39 is 10.0 Å². The highest BCUT2D eigenvalue weighted by Crippen LogP contribution is 2.18. The van der Waals surface area contributed by atoms with Crippen LogP contribution in [-0.2, 0) is 16.6 Å². The second-order valence-corrected chi connectivity index (χ2v) is 8.86. The number of hydrogen-bond donors (Lipinski definition) is 0. The van der Waals surface area contributed by atoms with Crippen molar-refractivity contribution in [1.29, 1.82) is 0 Å². The van der Waals surface area contributed by atoms with Crippen LogP contribution in [0.4, 0.5) is 0 Å². The molecule has 2 aromatic rings. The van der Waals surface area contributed by atoms with Gasteiger partial charge in [0.2, 0.25) is 10.0 Å². The highest BCUT2D eigenvalue weighted by molar-refractivity contribution is 7.89. The van der Waals surface area contributed by atoms with Gasteiger partial charge in [-0.25, -0.2) is 8.42 Å². The van der Waals surface area contributed by atoms with E-state index in [2.05, 4.69) is 0 Å². The maximum atomic E-state index is 12.6. The normalized spacial score (nSPS) is 11.8. The highest BCUT2D eigenvalue weighted by Gasteiger charge is 2.23. The van der Waals surface area contributed by atoms with Gasteiger partial charge in [0.05, 0.1) is 4.90 Å². The lowest BCUT2D eigenvalue weighted by Gasteiger charge is -2.21. The van der Waals surface area contributed by atoms with Gasteiger partial charge in [-0.3, -0.25) is 4.79 Å². The SMILES string of the molecule is CC(C)N(C)S(=O)(=O)c1ccc(C(=O)N(C)Cc2ccc(Cl)cc2)cc1. The minimum Gasteiger partial charge on any atom is -0.337 e. The number of carbonyl (C=O) groups is 1. The zero-order valence-corrected chi connectivity index (χ0v) is 16.9. The molecule has 0 fully saturated rings. The van der Waals surface area contributed by atoms with E-state index in [4.69, 9.17) is 11.6 Å². The van der Waals surface area contributed by atoms with E-state index in [0.717, 1.165) is 5.56 Å². The van der Waals surface area contributed by atoms with E-state index in [-0.39, 0.29) is 16.8 Å². The van der Waals surface area contributed by atoms with Crippen molar-refractivity contribution < 1.29 is 13.2 Å². The lowest BCUT2D eigenvalue weighted by atomic mass is 10.1. The van der Waals surface area contributed by atoms with Gasteiger partial charge in [-0.05, 0) is 55.8 Å². The van der Waals surface area contributed by atoms with Crippen molar-refractivity contribution in [3.8, 4) is 0 Å². The second kappa shape index (κ2) is 8.20. The van der Waals surface area contributed by atoms with Crippen LogP contribution in [-0.4, -0.2) is 43.7 Å². The van der Waals surface area contributed by atoms with Crippen LogP contribution in [0.2, 0.25) is 5.02 Å².